The van der Waals surface area contributed by atoms with Gasteiger partial charge in [-0.1, -0.05) is 13.5 Å². The van der Waals surface area contributed by atoms with E-state index in [0.29, 0.717) is 0 Å². The minimum Gasteiger partial charge on any atom is -0.313 e. The molecule has 0 saturated carbocycles. The van der Waals surface area contributed by atoms with E-state index in [9.17, 15) is 0 Å². The Kier molecular flexibility index (Phi) is 6.28. The highest BCUT2D eigenvalue weighted by Crippen LogP contribution is 2.21. The lowest BCUT2D eigenvalue weighted by Crippen LogP contribution is -2.25. The minimum atomic E-state index is 0.911. The first-order valence-corrected chi connectivity index (χ1v) is 7.08. The molecule has 1 aromatic heterocycles. The molecule has 90 valence electrons. The maximum Gasteiger partial charge on any atom is 0.0701 e. The van der Waals surface area contributed by atoms with Crippen LogP contribution in [0.2, 0.25) is 0 Å². The molecule has 0 spiro atoms. The van der Waals surface area contributed by atoms with Gasteiger partial charge in [-0.3, -0.25) is 4.90 Å². The third-order valence-corrected chi connectivity index (χ3v) is 3.75. The summed E-state index contributed by atoms with van der Waals surface area (Å²) in [6, 6.07) is 2.17. The molecule has 0 bridgehead atoms. The summed E-state index contributed by atoms with van der Waals surface area (Å²) >= 11 is 5.21. The van der Waals surface area contributed by atoms with Crippen LogP contribution in [0.5, 0.6) is 0 Å². The Labute approximate surface area is 110 Å². The van der Waals surface area contributed by atoms with Crippen LogP contribution in [-0.2, 0) is 6.54 Å². The van der Waals surface area contributed by atoms with E-state index in [1.165, 1.54) is 14.9 Å². The summed E-state index contributed by atoms with van der Waals surface area (Å²) in [4.78, 5) is 2.29. The van der Waals surface area contributed by atoms with Crippen molar-refractivity contribution in [3.8, 4) is 0 Å². The average molecular weight is 303 g/mol. The molecule has 1 aromatic rings. The third-order valence-electron chi connectivity index (χ3n) is 2.19. The van der Waals surface area contributed by atoms with Crippen molar-refractivity contribution in [2.75, 3.05) is 26.7 Å². The van der Waals surface area contributed by atoms with Gasteiger partial charge in [-0.05, 0) is 52.1 Å². The van der Waals surface area contributed by atoms with Gasteiger partial charge >= 0.3 is 0 Å². The second kappa shape index (κ2) is 7.22. The fourth-order valence-corrected chi connectivity index (χ4v) is 2.74. The second-order valence-electron chi connectivity index (χ2n) is 3.96. The van der Waals surface area contributed by atoms with Crippen LogP contribution in [0.4, 0.5) is 0 Å². The molecular formula is C12H19BrN2S. The lowest BCUT2D eigenvalue weighted by molar-refractivity contribution is 0.353. The van der Waals surface area contributed by atoms with Gasteiger partial charge in [0.05, 0.1) is 3.79 Å². The number of rotatable bonds is 7. The Bertz CT molecular complexity index is 336. The van der Waals surface area contributed by atoms with Gasteiger partial charge in [-0.15, -0.1) is 11.3 Å². The van der Waals surface area contributed by atoms with Gasteiger partial charge in [0.1, 0.15) is 0 Å². The summed E-state index contributed by atoms with van der Waals surface area (Å²) in [5.41, 5.74) is 2.59. The quantitative estimate of drug-likeness (QED) is 0.779. The average Bonchev–Trinajstić information content (AvgIpc) is 2.60. The highest BCUT2D eigenvalue weighted by molar-refractivity contribution is 9.11. The molecule has 0 radical (unpaired) electrons. The van der Waals surface area contributed by atoms with Crippen LogP contribution in [0.1, 0.15) is 12.5 Å². The smallest absolute Gasteiger partial charge is 0.0701 e. The summed E-state index contributed by atoms with van der Waals surface area (Å²) in [5.74, 6) is 0. The topological polar surface area (TPSA) is 15.3 Å². The normalized spacial score (nSPS) is 11.0. The van der Waals surface area contributed by atoms with Crippen LogP contribution in [0, 0.1) is 0 Å². The van der Waals surface area contributed by atoms with E-state index in [1.54, 1.807) is 11.3 Å². The summed E-state index contributed by atoms with van der Waals surface area (Å²) in [6.45, 7) is 10.0. The van der Waals surface area contributed by atoms with Crippen molar-refractivity contribution >= 4 is 27.3 Å². The van der Waals surface area contributed by atoms with E-state index in [4.69, 9.17) is 0 Å². The Morgan fingerprint density at radius 1 is 1.62 bits per heavy atom. The van der Waals surface area contributed by atoms with Gasteiger partial charge in [0, 0.05) is 19.6 Å². The van der Waals surface area contributed by atoms with Crippen LogP contribution < -0.4 is 5.32 Å². The molecule has 2 nitrogen and oxygen atoms in total. The van der Waals surface area contributed by atoms with Gasteiger partial charge < -0.3 is 5.32 Å². The van der Waals surface area contributed by atoms with Crippen LogP contribution >= 0.6 is 27.3 Å². The summed E-state index contributed by atoms with van der Waals surface area (Å²) in [5, 5.41) is 5.48. The predicted molar refractivity (Wildman–Crippen MR) is 76.0 cm³/mol. The first-order chi connectivity index (χ1) is 7.61. The zero-order valence-corrected chi connectivity index (χ0v) is 12.3. The maximum absolute atomic E-state index is 4.07. The molecule has 0 aliphatic heterocycles. The Balaban J connectivity index is 2.30. The SMILES string of the molecule is C=C(CNCC)CN(C)Cc1csc(Br)c1. The standard InChI is InChI=1S/C12H19BrN2S/c1-4-14-6-10(2)7-15(3)8-11-5-12(13)16-9-11/h5,9,14H,2,4,6-8H2,1,3H3. The molecular weight excluding hydrogens is 284 g/mol. The van der Waals surface area contributed by atoms with Gasteiger partial charge in [-0.25, -0.2) is 0 Å². The lowest BCUT2D eigenvalue weighted by Gasteiger charge is -2.17. The van der Waals surface area contributed by atoms with Crippen LogP contribution in [-0.4, -0.2) is 31.6 Å². The van der Waals surface area contributed by atoms with Crippen molar-refractivity contribution in [1.82, 2.24) is 10.2 Å². The van der Waals surface area contributed by atoms with Crippen LogP contribution in [0.25, 0.3) is 0 Å². The van der Waals surface area contributed by atoms with E-state index in [2.05, 4.69) is 58.1 Å². The van der Waals surface area contributed by atoms with E-state index in [0.717, 1.165) is 26.2 Å². The molecule has 0 atom stereocenters. The van der Waals surface area contributed by atoms with Crippen molar-refractivity contribution in [2.45, 2.75) is 13.5 Å². The molecule has 0 amide bonds. The highest BCUT2D eigenvalue weighted by atomic mass is 79.9. The van der Waals surface area contributed by atoms with Crippen molar-refractivity contribution in [3.63, 3.8) is 0 Å². The van der Waals surface area contributed by atoms with Gasteiger partial charge in [-0.2, -0.15) is 0 Å². The molecule has 0 aliphatic rings. The fourth-order valence-electron chi connectivity index (χ4n) is 1.54. The zero-order chi connectivity index (χ0) is 12.0. The molecule has 1 rings (SSSR count). The number of thiophene rings is 1. The van der Waals surface area contributed by atoms with E-state index in [-0.39, 0.29) is 0 Å². The van der Waals surface area contributed by atoms with Gasteiger partial charge in [0.25, 0.3) is 0 Å². The van der Waals surface area contributed by atoms with Gasteiger partial charge in [0.2, 0.25) is 0 Å². The Morgan fingerprint density at radius 2 is 2.38 bits per heavy atom. The molecule has 1 N–H and O–H groups in total. The molecule has 0 aromatic carbocycles. The molecule has 0 fully saturated rings. The fraction of sp³-hybridized carbons (Fsp3) is 0.500. The Hall–Kier alpha value is -0.160. The summed E-state index contributed by atoms with van der Waals surface area (Å²) in [6.07, 6.45) is 0. The monoisotopic (exact) mass is 302 g/mol. The number of hydrogen-bond donors (Lipinski definition) is 1. The number of nitrogens with zero attached hydrogens (tertiary/aromatic N) is 1. The third kappa shape index (κ3) is 5.25. The van der Waals surface area contributed by atoms with Crippen molar-refractivity contribution in [2.24, 2.45) is 0 Å². The van der Waals surface area contributed by atoms with Crippen molar-refractivity contribution in [3.05, 3.63) is 32.9 Å². The van der Waals surface area contributed by atoms with E-state index >= 15 is 0 Å². The number of likely N-dealkylation sites (N-methyl/N-ethyl adjacent to an activating group) is 2. The predicted octanol–water partition coefficient (Wildman–Crippen LogP) is 3.11. The maximum atomic E-state index is 4.07. The second-order valence-corrected chi connectivity index (χ2v) is 6.25. The van der Waals surface area contributed by atoms with E-state index in [1.807, 2.05) is 0 Å². The molecule has 0 aliphatic carbocycles. The molecule has 4 heteroatoms. The van der Waals surface area contributed by atoms with Crippen LogP contribution in [0.15, 0.2) is 27.4 Å². The van der Waals surface area contributed by atoms with Crippen molar-refractivity contribution in [1.29, 1.82) is 0 Å². The molecule has 16 heavy (non-hydrogen) atoms. The highest BCUT2D eigenvalue weighted by Gasteiger charge is 2.04. The lowest BCUT2D eigenvalue weighted by atomic mass is 10.2. The summed E-state index contributed by atoms with van der Waals surface area (Å²) < 4.78 is 1.20. The number of hydrogen-bond acceptors (Lipinski definition) is 3. The molecule has 1 heterocycles. The first-order valence-electron chi connectivity index (χ1n) is 5.40. The largest absolute Gasteiger partial charge is 0.313 e. The Morgan fingerprint density at radius 3 is 2.94 bits per heavy atom. The van der Waals surface area contributed by atoms with Crippen molar-refractivity contribution < 1.29 is 0 Å². The molecule has 0 unspecified atom stereocenters. The number of halogens is 1. The molecule has 0 saturated heterocycles. The summed E-state index contributed by atoms with van der Waals surface area (Å²) in [7, 11) is 2.13. The van der Waals surface area contributed by atoms with E-state index < -0.39 is 0 Å². The van der Waals surface area contributed by atoms with Crippen LogP contribution in [0.3, 0.4) is 0 Å². The minimum absolute atomic E-state index is 0.911. The zero-order valence-electron chi connectivity index (χ0n) is 9.92. The number of nitrogens with one attached hydrogen (secondary N) is 1. The van der Waals surface area contributed by atoms with Gasteiger partial charge in [0.15, 0.2) is 0 Å². The first kappa shape index (κ1) is 13.9.